The number of nitrogens with zero attached hydrogens (tertiary/aromatic N) is 2. The molecule has 0 aromatic heterocycles. The van der Waals surface area contributed by atoms with Gasteiger partial charge in [0.15, 0.2) is 0 Å². The summed E-state index contributed by atoms with van der Waals surface area (Å²) in [6.45, 7) is 8.38. The maximum Gasteiger partial charge on any atom is 0.320 e. The highest BCUT2D eigenvalue weighted by atomic mass is 16.4. The van der Waals surface area contributed by atoms with Crippen LogP contribution in [-0.4, -0.2) is 53.1 Å². The van der Waals surface area contributed by atoms with Crippen molar-refractivity contribution in [2.45, 2.75) is 46.5 Å². The number of amides is 2. The Hall–Kier alpha value is -1.26. The van der Waals surface area contributed by atoms with Gasteiger partial charge in [-0.3, -0.25) is 4.79 Å². The van der Waals surface area contributed by atoms with Gasteiger partial charge >= 0.3 is 12.0 Å². The van der Waals surface area contributed by atoms with Crippen LogP contribution in [0.3, 0.4) is 0 Å². The lowest BCUT2D eigenvalue weighted by molar-refractivity contribution is -0.148. The molecule has 1 fully saturated rings. The van der Waals surface area contributed by atoms with E-state index < -0.39 is 11.4 Å². The van der Waals surface area contributed by atoms with Crippen LogP contribution in [0.1, 0.15) is 46.5 Å². The van der Waals surface area contributed by atoms with Gasteiger partial charge in [-0.25, -0.2) is 4.79 Å². The van der Waals surface area contributed by atoms with E-state index in [2.05, 4.69) is 0 Å². The van der Waals surface area contributed by atoms with Crippen LogP contribution in [0.4, 0.5) is 4.79 Å². The van der Waals surface area contributed by atoms with Gasteiger partial charge < -0.3 is 14.9 Å². The number of carbonyl (C=O) groups excluding carboxylic acids is 1. The molecule has 1 rings (SSSR count). The lowest BCUT2D eigenvalue weighted by Crippen LogP contribution is -2.44. The zero-order valence-electron chi connectivity index (χ0n) is 12.3. The first-order valence-electron chi connectivity index (χ1n) is 7.28. The number of hydrogen-bond donors (Lipinski definition) is 1. The molecule has 1 atom stereocenters. The number of carboxylic acid groups (broad SMARTS) is 1. The van der Waals surface area contributed by atoms with Crippen LogP contribution in [0.25, 0.3) is 0 Å². The fraction of sp³-hybridized carbons (Fsp3) is 0.857. The molecule has 1 aliphatic rings. The average Bonchev–Trinajstić information content (AvgIpc) is 2.83. The first kappa shape index (κ1) is 15.8. The second kappa shape index (κ2) is 6.78. The predicted molar refractivity (Wildman–Crippen MR) is 74.1 cm³/mol. The number of hydrogen-bond acceptors (Lipinski definition) is 2. The van der Waals surface area contributed by atoms with E-state index in [1.54, 1.807) is 4.90 Å². The SMILES string of the molecule is CCCN(CCC)C(=O)N1CCC(CC)(C(=O)O)C1. The van der Waals surface area contributed by atoms with Crippen molar-refractivity contribution >= 4 is 12.0 Å². The minimum Gasteiger partial charge on any atom is -0.481 e. The first-order valence-corrected chi connectivity index (χ1v) is 7.28. The quantitative estimate of drug-likeness (QED) is 0.806. The molecule has 0 radical (unpaired) electrons. The van der Waals surface area contributed by atoms with Gasteiger partial charge in [0.2, 0.25) is 0 Å². The van der Waals surface area contributed by atoms with Crippen LogP contribution in [0, 0.1) is 5.41 Å². The van der Waals surface area contributed by atoms with Gasteiger partial charge in [0.1, 0.15) is 0 Å². The molecule has 0 aromatic carbocycles. The van der Waals surface area contributed by atoms with Crippen molar-refractivity contribution in [3.63, 3.8) is 0 Å². The van der Waals surface area contributed by atoms with Crippen LogP contribution in [0.2, 0.25) is 0 Å². The van der Waals surface area contributed by atoms with Gasteiger partial charge in [0.25, 0.3) is 0 Å². The smallest absolute Gasteiger partial charge is 0.320 e. The summed E-state index contributed by atoms with van der Waals surface area (Å²) in [5.41, 5.74) is -0.736. The molecule has 1 unspecified atom stereocenters. The Morgan fingerprint density at radius 1 is 1.21 bits per heavy atom. The third-order valence-corrected chi connectivity index (χ3v) is 4.01. The van der Waals surface area contributed by atoms with Crippen LogP contribution in [-0.2, 0) is 4.79 Å². The van der Waals surface area contributed by atoms with Gasteiger partial charge in [0, 0.05) is 26.2 Å². The second-order valence-electron chi connectivity index (χ2n) is 5.38. The number of rotatable bonds is 6. The molecule has 19 heavy (non-hydrogen) atoms. The average molecular weight is 270 g/mol. The van der Waals surface area contributed by atoms with Crippen LogP contribution < -0.4 is 0 Å². The van der Waals surface area contributed by atoms with Crippen LogP contribution >= 0.6 is 0 Å². The molecule has 0 saturated carbocycles. The molecule has 5 heteroatoms. The number of likely N-dealkylation sites (tertiary alicyclic amines) is 1. The fourth-order valence-corrected chi connectivity index (χ4v) is 2.69. The fourth-order valence-electron chi connectivity index (χ4n) is 2.69. The summed E-state index contributed by atoms with van der Waals surface area (Å²) in [4.78, 5) is 27.4. The van der Waals surface area contributed by atoms with Crippen molar-refractivity contribution < 1.29 is 14.7 Å². The third-order valence-electron chi connectivity index (χ3n) is 4.01. The predicted octanol–water partition coefficient (Wildman–Crippen LogP) is 2.42. The van der Waals surface area contributed by atoms with Gasteiger partial charge in [0.05, 0.1) is 5.41 Å². The zero-order chi connectivity index (χ0) is 14.5. The van der Waals surface area contributed by atoms with Crippen molar-refractivity contribution in [1.29, 1.82) is 0 Å². The van der Waals surface area contributed by atoms with Crippen molar-refractivity contribution in [1.82, 2.24) is 9.80 Å². The Balaban J connectivity index is 2.71. The van der Waals surface area contributed by atoms with Gasteiger partial charge in [-0.1, -0.05) is 20.8 Å². The van der Waals surface area contributed by atoms with E-state index in [0.717, 1.165) is 25.9 Å². The molecular formula is C14H26N2O3. The summed E-state index contributed by atoms with van der Waals surface area (Å²) in [6.07, 6.45) is 3.00. The highest BCUT2D eigenvalue weighted by Crippen LogP contribution is 2.34. The van der Waals surface area contributed by atoms with E-state index in [-0.39, 0.29) is 6.03 Å². The molecule has 0 aromatic rings. The van der Waals surface area contributed by atoms with Crippen molar-refractivity contribution in [3.8, 4) is 0 Å². The number of urea groups is 1. The molecule has 5 nitrogen and oxygen atoms in total. The van der Waals surface area contributed by atoms with E-state index in [4.69, 9.17) is 0 Å². The summed E-state index contributed by atoms with van der Waals surface area (Å²) < 4.78 is 0. The molecule has 1 aliphatic heterocycles. The zero-order valence-corrected chi connectivity index (χ0v) is 12.3. The van der Waals surface area contributed by atoms with E-state index in [9.17, 15) is 14.7 Å². The molecule has 1 heterocycles. The highest BCUT2D eigenvalue weighted by Gasteiger charge is 2.45. The van der Waals surface area contributed by atoms with E-state index in [0.29, 0.717) is 25.9 Å². The second-order valence-corrected chi connectivity index (χ2v) is 5.38. The monoisotopic (exact) mass is 270 g/mol. The van der Waals surface area contributed by atoms with Gasteiger partial charge in [-0.05, 0) is 25.7 Å². The minimum absolute atomic E-state index is 0.000255. The van der Waals surface area contributed by atoms with E-state index >= 15 is 0 Å². The molecule has 110 valence electrons. The molecule has 0 spiro atoms. The summed E-state index contributed by atoms with van der Waals surface area (Å²) >= 11 is 0. The van der Waals surface area contributed by atoms with Crippen molar-refractivity contribution in [2.24, 2.45) is 5.41 Å². The largest absolute Gasteiger partial charge is 0.481 e. The van der Waals surface area contributed by atoms with E-state index in [1.165, 1.54) is 0 Å². The van der Waals surface area contributed by atoms with Gasteiger partial charge in [-0.15, -0.1) is 0 Å². The molecule has 0 bridgehead atoms. The summed E-state index contributed by atoms with van der Waals surface area (Å²) in [7, 11) is 0. The lowest BCUT2D eigenvalue weighted by atomic mass is 9.84. The Bertz CT molecular complexity index is 327. The standard InChI is InChI=1S/C14H26N2O3/c1-4-8-15(9-5-2)13(19)16-10-7-14(6-3,11-16)12(17)18/h4-11H2,1-3H3,(H,17,18). The molecule has 2 amide bonds. The first-order chi connectivity index (χ1) is 9.00. The third kappa shape index (κ3) is 3.39. The summed E-state index contributed by atoms with van der Waals surface area (Å²) in [6, 6.07) is 0.000255. The number of carboxylic acids is 1. The Morgan fingerprint density at radius 3 is 2.16 bits per heavy atom. The van der Waals surface area contributed by atoms with Crippen molar-refractivity contribution in [3.05, 3.63) is 0 Å². The Morgan fingerprint density at radius 2 is 1.79 bits per heavy atom. The lowest BCUT2D eigenvalue weighted by Gasteiger charge is -2.29. The normalized spacial score (nSPS) is 22.6. The van der Waals surface area contributed by atoms with Crippen LogP contribution in [0.5, 0.6) is 0 Å². The summed E-state index contributed by atoms with van der Waals surface area (Å²) in [5, 5.41) is 9.36. The molecular weight excluding hydrogens is 244 g/mol. The Kier molecular flexibility index (Phi) is 5.63. The maximum absolute atomic E-state index is 12.4. The van der Waals surface area contributed by atoms with Crippen molar-refractivity contribution in [2.75, 3.05) is 26.2 Å². The minimum atomic E-state index is -0.775. The van der Waals surface area contributed by atoms with E-state index in [1.807, 2.05) is 25.7 Å². The van der Waals surface area contributed by atoms with Crippen LogP contribution in [0.15, 0.2) is 0 Å². The topological polar surface area (TPSA) is 60.9 Å². The number of carbonyl (C=O) groups is 2. The maximum atomic E-state index is 12.4. The molecule has 1 N–H and O–H groups in total. The molecule has 0 aliphatic carbocycles. The number of aliphatic carboxylic acids is 1. The highest BCUT2D eigenvalue weighted by molar-refractivity contribution is 5.79. The molecule has 1 saturated heterocycles. The van der Waals surface area contributed by atoms with Gasteiger partial charge in [-0.2, -0.15) is 0 Å². The summed E-state index contributed by atoms with van der Waals surface area (Å²) in [5.74, 6) is -0.775. The Labute approximate surface area is 115 Å².